The van der Waals surface area contributed by atoms with Crippen molar-refractivity contribution in [1.82, 2.24) is 4.90 Å². The second-order valence-electron chi connectivity index (χ2n) is 5.62. The van der Waals surface area contributed by atoms with Crippen molar-refractivity contribution in [2.24, 2.45) is 0 Å². The maximum Gasteiger partial charge on any atom is 0.325 e. The molecule has 5 heteroatoms. The van der Waals surface area contributed by atoms with Crippen molar-refractivity contribution < 1.29 is 19.4 Å². The number of carbonyl (C=O) groups excluding carboxylic acids is 2. The fraction of sp³-hybridized carbons (Fsp3) is 0.529. The number of aliphatic hydroxyl groups is 1. The van der Waals surface area contributed by atoms with Crippen molar-refractivity contribution in [3.05, 3.63) is 35.9 Å². The van der Waals surface area contributed by atoms with Gasteiger partial charge in [-0.15, -0.1) is 0 Å². The molecule has 1 saturated carbocycles. The molecule has 1 fully saturated rings. The minimum atomic E-state index is -0.567. The Morgan fingerprint density at radius 2 is 1.82 bits per heavy atom. The molecule has 1 amide bonds. The van der Waals surface area contributed by atoms with E-state index in [1.54, 1.807) is 0 Å². The topological polar surface area (TPSA) is 66.8 Å². The summed E-state index contributed by atoms with van der Waals surface area (Å²) >= 11 is 0. The molecule has 0 bridgehead atoms. The van der Waals surface area contributed by atoms with Gasteiger partial charge in [0.25, 0.3) is 0 Å². The molecule has 0 aromatic heterocycles. The number of amides is 1. The highest BCUT2D eigenvalue weighted by atomic mass is 16.5. The van der Waals surface area contributed by atoms with E-state index in [-0.39, 0.29) is 19.2 Å². The summed E-state index contributed by atoms with van der Waals surface area (Å²) < 4.78 is 5.23. The summed E-state index contributed by atoms with van der Waals surface area (Å²) in [6.07, 6.45) is 5.05. The molecule has 120 valence electrons. The summed E-state index contributed by atoms with van der Waals surface area (Å²) in [5.74, 6) is -0.834. The minimum Gasteiger partial charge on any atom is -0.459 e. The number of benzene rings is 1. The number of ether oxygens (including phenoxy) is 1. The van der Waals surface area contributed by atoms with Crippen LogP contribution in [0.5, 0.6) is 0 Å². The number of hydrogen-bond acceptors (Lipinski definition) is 4. The Labute approximate surface area is 130 Å². The quantitative estimate of drug-likeness (QED) is 0.815. The summed E-state index contributed by atoms with van der Waals surface area (Å²) in [5.41, 5.74) is 0.911. The first-order valence-electron chi connectivity index (χ1n) is 7.80. The van der Waals surface area contributed by atoms with Crippen molar-refractivity contribution in [2.75, 3.05) is 13.2 Å². The third-order valence-corrected chi connectivity index (χ3v) is 4.01. The number of rotatable bonds is 6. The summed E-state index contributed by atoms with van der Waals surface area (Å²) in [7, 11) is 0. The van der Waals surface area contributed by atoms with Crippen LogP contribution in [0.15, 0.2) is 30.3 Å². The summed E-state index contributed by atoms with van der Waals surface area (Å²) in [6, 6.07) is 9.46. The van der Waals surface area contributed by atoms with Crippen molar-refractivity contribution in [3.8, 4) is 0 Å². The van der Waals surface area contributed by atoms with E-state index in [9.17, 15) is 9.59 Å². The lowest BCUT2D eigenvalue weighted by atomic mass is 9.94. The van der Waals surface area contributed by atoms with Gasteiger partial charge >= 0.3 is 5.97 Å². The fourth-order valence-electron chi connectivity index (χ4n) is 2.83. The Hall–Kier alpha value is -1.88. The Kier molecular flexibility index (Phi) is 6.40. The molecule has 0 atom stereocenters. The van der Waals surface area contributed by atoms with Crippen LogP contribution in [0.3, 0.4) is 0 Å². The van der Waals surface area contributed by atoms with Gasteiger partial charge in [0.15, 0.2) is 0 Å². The van der Waals surface area contributed by atoms with E-state index in [1.807, 2.05) is 30.3 Å². The van der Waals surface area contributed by atoms with Crippen molar-refractivity contribution in [3.63, 3.8) is 0 Å². The highest BCUT2D eigenvalue weighted by Crippen LogP contribution is 2.22. The molecule has 0 radical (unpaired) electrons. The van der Waals surface area contributed by atoms with Gasteiger partial charge in [-0.05, 0) is 18.4 Å². The van der Waals surface area contributed by atoms with Crippen molar-refractivity contribution in [1.29, 1.82) is 0 Å². The smallest absolute Gasteiger partial charge is 0.325 e. The van der Waals surface area contributed by atoms with E-state index in [1.165, 1.54) is 4.90 Å². The number of aliphatic hydroxyl groups excluding tert-OH is 1. The van der Waals surface area contributed by atoms with Gasteiger partial charge in [-0.25, -0.2) is 0 Å². The van der Waals surface area contributed by atoms with Crippen LogP contribution in [-0.2, 0) is 20.9 Å². The Balaban J connectivity index is 1.88. The van der Waals surface area contributed by atoms with Crippen molar-refractivity contribution >= 4 is 11.9 Å². The lowest BCUT2D eigenvalue weighted by molar-refractivity contribution is -0.153. The van der Waals surface area contributed by atoms with Gasteiger partial charge in [0, 0.05) is 6.04 Å². The molecule has 1 aliphatic rings. The lowest BCUT2D eigenvalue weighted by Gasteiger charge is -2.33. The average Bonchev–Trinajstić information content (AvgIpc) is 2.59. The first kappa shape index (κ1) is 16.5. The first-order valence-corrected chi connectivity index (χ1v) is 7.80. The van der Waals surface area contributed by atoms with Gasteiger partial charge in [0.05, 0.1) is 0 Å². The molecule has 5 nitrogen and oxygen atoms in total. The molecule has 1 aromatic rings. The highest BCUT2D eigenvalue weighted by molar-refractivity contribution is 5.83. The molecule has 0 unspecified atom stereocenters. The number of carbonyl (C=O) groups is 2. The molecule has 0 aliphatic heterocycles. The zero-order valence-electron chi connectivity index (χ0n) is 12.7. The van der Waals surface area contributed by atoms with Gasteiger partial charge < -0.3 is 14.7 Å². The van der Waals surface area contributed by atoms with Gasteiger partial charge in [-0.3, -0.25) is 9.59 Å². The van der Waals surface area contributed by atoms with Crippen LogP contribution in [0.4, 0.5) is 0 Å². The maximum absolute atomic E-state index is 12.0. The third kappa shape index (κ3) is 4.84. The zero-order chi connectivity index (χ0) is 15.8. The summed E-state index contributed by atoms with van der Waals surface area (Å²) in [5, 5.41) is 9.11. The third-order valence-electron chi connectivity index (χ3n) is 4.01. The molecule has 1 aromatic carbocycles. The standard InChI is InChI=1S/C17H23NO4/c19-12-16(20)18(15-9-5-2-6-10-15)11-17(21)22-13-14-7-3-1-4-8-14/h1,3-4,7-8,15,19H,2,5-6,9-13H2. The largest absolute Gasteiger partial charge is 0.459 e. The molecule has 22 heavy (non-hydrogen) atoms. The highest BCUT2D eigenvalue weighted by Gasteiger charge is 2.27. The monoisotopic (exact) mass is 305 g/mol. The lowest BCUT2D eigenvalue weighted by Crippen LogP contribution is -2.46. The zero-order valence-corrected chi connectivity index (χ0v) is 12.7. The minimum absolute atomic E-state index is 0.0395. The second-order valence-corrected chi connectivity index (χ2v) is 5.62. The van der Waals surface area contributed by atoms with Gasteiger partial charge in [-0.2, -0.15) is 0 Å². The van der Waals surface area contributed by atoms with E-state index in [0.717, 1.165) is 37.7 Å². The second kappa shape index (κ2) is 8.54. The molecule has 1 N–H and O–H groups in total. The van der Waals surface area contributed by atoms with Gasteiger partial charge in [0.2, 0.25) is 5.91 Å². The van der Waals surface area contributed by atoms with Crippen LogP contribution >= 0.6 is 0 Å². The van der Waals surface area contributed by atoms with Crippen molar-refractivity contribution in [2.45, 2.75) is 44.8 Å². The van der Waals surface area contributed by atoms with Gasteiger partial charge in [0.1, 0.15) is 19.8 Å². The SMILES string of the molecule is O=C(CN(C(=O)CO)C1CCCCC1)OCc1ccccc1. The van der Waals surface area contributed by atoms with E-state index >= 15 is 0 Å². The summed E-state index contributed by atoms with van der Waals surface area (Å²) in [6.45, 7) is -0.454. The van der Waals surface area contributed by atoms with E-state index in [0.29, 0.717) is 0 Å². The molecule has 0 saturated heterocycles. The normalized spacial score (nSPS) is 15.3. The predicted octanol–water partition coefficient (Wildman–Crippen LogP) is 1.88. The Morgan fingerprint density at radius 1 is 1.14 bits per heavy atom. The van der Waals surface area contributed by atoms with Crippen LogP contribution in [-0.4, -0.2) is 41.1 Å². The molecule has 0 spiro atoms. The van der Waals surface area contributed by atoms with E-state index < -0.39 is 18.5 Å². The van der Waals surface area contributed by atoms with Crippen LogP contribution in [0.1, 0.15) is 37.7 Å². The molecular formula is C17H23NO4. The average molecular weight is 305 g/mol. The molecule has 1 aliphatic carbocycles. The van der Waals surface area contributed by atoms with Crippen LogP contribution in [0.2, 0.25) is 0 Å². The molecular weight excluding hydrogens is 282 g/mol. The molecule has 2 rings (SSSR count). The predicted molar refractivity (Wildman–Crippen MR) is 81.9 cm³/mol. The summed E-state index contributed by atoms with van der Waals surface area (Å²) in [4.78, 5) is 25.4. The maximum atomic E-state index is 12.0. The number of hydrogen-bond donors (Lipinski definition) is 1. The number of esters is 1. The van der Waals surface area contributed by atoms with E-state index in [2.05, 4.69) is 0 Å². The Bertz CT molecular complexity index is 483. The van der Waals surface area contributed by atoms with Crippen LogP contribution < -0.4 is 0 Å². The van der Waals surface area contributed by atoms with Crippen LogP contribution in [0.25, 0.3) is 0 Å². The number of nitrogens with zero attached hydrogens (tertiary/aromatic N) is 1. The van der Waals surface area contributed by atoms with Gasteiger partial charge in [-0.1, -0.05) is 49.6 Å². The first-order chi connectivity index (χ1) is 10.7. The fourth-order valence-corrected chi connectivity index (χ4v) is 2.83. The molecule has 0 heterocycles. The van der Waals surface area contributed by atoms with Crippen LogP contribution in [0, 0.1) is 0 Å². The van der Waals surface area contributed by atoms with E-state index in [4.69, 9.17) is 9.84 Å². The Morgan fingerprint density at radius 3 is 2.45 bits per heavy atom.